The Morgan fingerprint density at radius 3 is 2.76 bits per heavy atom. The van der Waals surface area contributed by atoms with Crippen LogP contribution in [0.1, 0.15) is 40.4 Å². The van der Waals surface area contributed by atoms with Gasteiger partial charge in [-0.05, 0) is 42.2 Å². The largest absolute Gasteiger partial charge is 0.383 e. The maximum absolute atomic E-state index is 13.4. The minimum atomic E-state index is -0.547. The maximum atomic E-state index is 13.4. The number of aryl methyl sites for hydroxylation is 1. The summed E-state index contributed by atoms with van der Waals surface area (Å²) < 4.78 is 14.9. The highest BCUT2D eigenvalue weighted by atomic mass is 35.5. The zero-order chi connectivity index (χ0) is 20.5. The van der Waals surface area contributed by atoms with E-state index >= 15 is 0 Å². The number of nitrogens with zero attached hydrogens (tertiary/aromatic N) is 2. The number of carbonyl (C=O) groups excluding carboxylic acids is 1. The molecule has 3 N–H and O–H groups in total. The predicted molar refractivity (Wildman–Crippen MR) is 113 cm³/mol. The molecule has 1 unspecified atom stereocenters. The summed E-state index contributed by atoms with van der Waals surface area (Å²) >= 11 is 5.81. The normalized spacial score (nSPS) is 16.0. The molecule has 0 spiro atoms. The number of hydrogen-bond donors (Lipinski definition) is 2. The second-order valence-electron chi connectivity index (χ2n) is 7.06. The lowest BCUT2D eigenvalue weighted by Gasteiger charge is -2.08. The Bertz CT molecular complexity index is 1110. The summed E-state index contributed by atoms with van der Waals surface area (Å²) in [5.41, 5.74) is 9.66. The van der Waals surface area contributed by atoms with Crippen LogP contribution in [0.25, 0.3) is 5.57 Å². The standard InChI is InChI=1S/C22H20ClFN4O/c1-28-21(25)19(22(29)26-16-9-10-18(24)17(23)12-16)20(27-28)15-8-7-14(11-15)13-5-3-2-4-6-13/h2-6,9-12,14H,7-8,25H2,1H3,(H,26,29). The van der Waals surface area contributed by atoms with Gasteiger partial charge >= 0.3 is 0 Å². The molecule has 1 atom stereocenters. The number of benzene rings is 2. The Morgan fingerprint density at radius 2 is 2.03 bits per heavy atom. The van der Waals surface area contributed by atoms with Crippen LogP contribution in [0.2, 0.25) is 5.02 Å². The molecule has 4 rings (SSSR count). The first-order valence-corrected chi connectivity index (χ1v) is 9.66. The maximum Gasteiger partial charge on any atom is 0.261 e. The van der Waals surface area contributed by atoms with Gasteiger partial charge in [0.1, 0.15) is 22.9 Å². The number of anilines is 2. The number of nitrogen functional groups attached to an aromatic ring is 1. The van der Waals surface area contributed by atoms with Crippen molar-refractivity contribution in [3.05, 3.63) is 82.3 Å². The van der Waals surface area contributed by atoms with E-state index in [-0.39, 0.29) is 16.8 Å². The van der Waals surface area contributed by atoms with Crippen LogP contribution in [0.5, 0.6) is 0 Å². The summed E-state index contributed by atoms with van der Waals surface area (Å²) in [7, 11) is 1.70. The lowest BCUT2D eigenvalue weighted by atomic mass is 9.99. The first-order valence-electron chi connectivity index (χ1n) is 9.29. The van der Waals surface area contributed by atoms with E-state index < -0.39 is 11.7 Å². The second kappa shape index (κ2) is 7.72. The number of allylic oxidation sites excluding steroid dienone is 2. The summed E-state index contributed by atoms with van der Waals surface area (Å²) in [5, 5.41) is 7.16. The van der Waals surface area contributed by atoms with Crippen LogP contribution in [0.4, 0.5) is 15.9 Å². The van der Waals surface area contributed by atoms with Crippen LogP contribution in [-0.2, 0) is 7.05 Å². The summed E-state index contributed by atoms with van der Waals surface area (Å²) in [4.78, 5) is 13.0. The van der Waals surface area contributed by atoms with E-state index in [1.807, 2.05) is 18.2 Å². The van der Waals surface area contributed by atoms with Crippen molar-refractivity contribution in [3.63, 3.8) is 0 Å². The molecule has 5 nitrogen and oxygen atoms in total. The first-order chi connectivity index (χ1) is 13.9. The second-order valence-corrected chi connectivity index (χ2v) is 7.47. The number of hydrogen-bond acceptors (Lipinski definition) is 3. The molecule has 0 saturated heterocycles. The molecule has 148 valence electrons. The molecule has 0 radical (unpaired) electrons. The van der Waals surface area contributed by atoms with E-state index in [0.717, 1.165) is 18.4 Å². The number of nitrogens with two attached hydrogens (primary N) is 1. The fraction of sp³-hybridized carbons (Fsp3) is 0.182. The minimum absolute atomic E-state index is 0.0635. The van der Waals surface area contributed by atoms with Gasteiger partial charge in [-0.25, -0.2) is 4.39 Å². The van der Waals surface area contributed by atoms with Gasteiger partial charge in [0.25, 0.3) is 5.91 Å². The van der Waals surface area contributed by atoms with Gasteiger partial charge in [-0.15, -0.1) is 0 Å². The fourth-order valence-corrected chi connectivity index (χ4v) is 3.81. The number of aromatic nitrogens is 2. The average Bonchev–Trinajstić information content (AvgIpc) is 3.31. The summed E-state index contributed by atoms with van der Waals surface area (Å²) in [6, 6.07) is 14.2. The molecule has 0 aliphatic heterocycles. The molecule has 0 saturated carbocycles. The van der Waals surface area contributed by atoms with Gasteiger partial charge in [0, 0.05) is 18.7 Å². The molecule has 1 amide bonds. The molecule has 0 bridgehead atoms. The van der Waals surface area contributed by atoms with Gasteiger partial charge in [0.15, 0.2) is 0 Å². The van der Waals surface area contributed by atoms with E-state index in [0.29, 0.717) is 16.9 Å². The van der Waals surface area contributed by atoms with Gasteiger partial charge < -0.3 is 11.1 Å². The van der Waals surface area contributed by atoms with E-state index in [1.54, 1.807) is 7.05 Å². The van der Waals surface area contributed by atoms with Crippen molar-refractivity contribution in [3.8, 4) is 0 Å². The van der Waals surface area contributed by atoms with Crippen molar-refractivity contribution in [1.29, 1.82) is 0 Å². The third kappa shape index (κ3) is 3.76. The van der Waals surface area contributed by atoms with Crippen molar-refractivity contribution in [2.24, 2.45) is 7.05 Å². The highest BCUT2D eigenvalue weighted by Gasteiger charge is 2.27. The molecule has 1 heterocycles. The van der Waals surface area contributed by atoms with Gasteiger partial charge in [0.2, 0.25) is 0 Å². The highest BCUT2D eigenvalue weighted by Crippen LogP contribution is 2.39. The summed E-state index contributed by atoms with van der Waals surface area (Å²) in [6.07, 6.45) is 3.91. The van der Waals surface area contributed by atoms with Crippen LogP contribution in [0.3, 0.4) is 0 Å². The zero-order valence-electron chi connectivity index (χ0n) is 15.8. The third-order valence-electron chi connectivity index (χ3n) is 5.16. The van der Waals surface area contributed by atoms with E-state index in [4.69, 9.17) is 17.3 Å². The monoisotopic (exact) mass is 410 g/mol. The Morgan fingerprint density at radius 1 is 1.28 bits per heavy atom. The molecule has 3 aromatic rings. The van der Waals surface area contributed by atoms with Crippen molar-refractivity contribution in [2.75, 3.05) is 11.1 Å². The van der Waals surface area contributed by atoms with Gasteiger partial charge in [-0.3, -0.25) is 9.48 Å². The molecule has 2 aromatic carbocycles. The quantitative estimate of drug-likeness (QED) is 0.635. The van der Waals surface area contributed by atoms with Gasteiger partial charge in [-0.2, -0.15) is 5.10 Å². The third-order valence-corrected chi connectivity index (χ3v) is 5.44. The molecule has 1 aliphatic carbocycles. The lowest BCUT2D eigenvalue weighted by Crippen LogP contribution is -2.15. The predicted octanol–water partition coefficient (Wildman–Crippen LogP) is 5.01. The molecule has 0 fully saturated rings. The number of rotatable bonds is 4. The molecular weight excluding hydrogens is 391 g/mol. The van der Waals surface area contributed by atoms with Crippen LogP contribution in [0.15, 0.2) is 54.6 Å². The van der Waals surface area contributed by atoms with Crippen molar-refractivity contribution in [2.45, 2.75) is 18.8 Å². The van der Waals surface area contributed by atoms with E-state index in [1.165, 1.54) is 28.4 Å². The smallest absolute Gasteiger partial charge is 0.261 e. The number of nitrogens with one attached hydrogen (secondary N) is 1. The number of carbonyl (C=O) groups is 1. The van der Waals surface area contributed by atoms with Crippen molar-refractivity contribution in [1.82, 2.24) is 9.78 Å². The van der Waals surface area contributed by atoms with Crippen LogP contribution >= 0.6 is 11.6 Å². The SMILES string of the molecule is Cn1nc(C2=CC(c3ccccc3)CC2)c(C(=O)Nc2ccc(F)c(Cl)c2)c1N. The Labute approximate surface area is 173 Å². The zero-order valence-corrected chi connectivity index (χ0v) is 16.6. The Balaban J connectivity index is 1.65. The molecule has 1 aromatic heterocycles. The first kappa shape index (κ1) is 19.2. The molecule has 29 heavy (non-hydrogen) atoms. The minimum Gasteiger partial charge on any atom is -0.383 e. The topological polar surface area (TPSA) is 72.9 Å². The Kier molecular flexibility index (Phi) is 5.11. The molecule has 7 heteroatoms. The number of halogens is 2. The van der Waals surface area contributed by atoms with Gasteiger partial charge in [-0.1, -0.05) is 48.0 Å². The summed E-state index contributed by atoms with van der Waals surface area (Å²) in [6.45, 7) is 0. The van der Waals surface area contributed by atoms with E-state index in [9.17, 15) is 9.18 Å². The number of amides is 1. The van der Waals surface area contributed by atoms with Crippen molar-refractivity contribution >= 4 is 34.6 Å². The average molecular weight is 411 g/mol. The van der Waals surface area contributed by atoms with Crippen LogP contribution in [-0.4, -0.2) is 15.7 Å². The van der Waals surface area contributed by atoms with Gasteiger partial charge in [0.05, 0.1) is 5.02 Å². The lowest BCUT2D eigenvalue weighted by molar-refractivity contribution is 0.102. The van der Waals surface area contributed by atoms with Crippen LogP contribution < -0.4 is 11.1 Å². The molecule has 1 aliphatic rings. The highest BCUT2D eigenvalue weighted by molar-refractivity contribution is 6.31. The fourth-order valence-electron chi connectivity index (χ4n) is 3.63. The van der Waals surface area contributed by atoms with Crippen LogP contribution in [0, 0.1) is 5.82 Å². The molecular formula is C22H20ClFN4O. The van der Waals surface area contributed by atoms with E-state index in [2.05, 4.69) is 28.6 Å². The Hall–Kier alpha value is -3.12. The summed E-state index contributed by atoms with van der Waals surface area (Å²) in [5.74, 6) is -0.400. The van der Waals surface area contributed by atoms with Crippen molar-refractivity contribution < 1.29 is 9.18 Å².